The Hall–Kier alpha value is -4.37. The molecule has 40 heavy (non-hydrogen) atoms. The Balaban J connectivity index is 2.11. The maximum atomic E-state index is 15.1. The van der Waals surface area contributed by atoms with Crippen molar-refractivity contribution >= 4 is 41.2 Å². The van der Waals surface area contributed by atoms with Gasteiger partial charge in [0.15, 0.2) is 17.3 Å². The smallest absolute Gasteiger partial charge is 0.512 e. The summed E-state index contributed by atoms with van der Waals surface area (Å²) >= 11 is 0. The van der Waals surface area contributed by atoms with E-state index in [4.69, 9.17) is 38.7 Å². The van der Waals surface area contributed by atoms with Crippen LogP contribution in [-0.2, 0) is 6.18 Å². The number of nitrogens with one attached hydrogen (secondary N) is 1. The van der Waals surface area contributed by atoms with Gasteiger partial charge in [-0.25, -0.2) is 9.37 Å². The van der Waals surface area contributed by atoms with E-state index in [1.807, 2.05) is 5.32 Å². The second-order valence-electron chi connectivity index (χ2n) is 7.74. The van der Waals surface area contributed by atoms with Gasteiger partial charge < -0.3 is 25.3 Å². The van der Waals surface area contributed by atoms with Crippen LogP contribution in [0.1, 0.15) is 26.4 Å². The average Bonchev–Trinajstić information content (AvgIpc) is 2.78. The topological polar surface area (TPSA) is 113 Å². The molecule has 1 aromatic heterocycles. The Labute approximate surface area is 224 Å². The quantitative estimate of drug-likeness (QED) is 0.319. The van der Waals surface area contributed by atoms with Crippen LogP contribution in [0, 0.1) is 5.82 Å². The molecule has 6 radical (unpaired) electrons. The number of carbonyl (C=O) groups excluding carboxylic acids is 2. The number of pyridine rings is 1. The van der Waals surface area contributed by atoms with Crippen molar-refractivity contribution < 1.29 is 54.5 Å². The van der Waals surface area contributed by atoms with Gasteiger partial charge in [0.1, 0.15) is 52.1 Å². The van der Waals surface area contributed by atoms with Crippen LogP contribution in [0.25, 0.3) is 0 Å². The van der Waals surface area contributed by atoms with Crippen LogP contribution in [0.5, 0.6) is 23.0 Å². The second-order valence-corrected chi connectivity index (χ2v) is 7.74. The van der Waals surface area contributed by atoms with E-state index in [1.54, 1.807) is 0 Å². The number of halogens is 7. The lowest BCUT2D eigenvalue weighted by Gasteiger charge is -2.25. The van der Waals surface area contributed by atoms with Gasteiger partial charge in [-0.05, 0) is 41.7 Å². The molecule has 0 unspecified atom stereocenters. The summed E-state index contributed by atoms with van der Waals surface area (Å²) in [7, 11) is 16.0. The zero-order valence-electron chi connectivity index (χ0n) is 19.6. The number of alkyl halides is 6. The monoisotopic (exact) mass is 563 g/mol. The van der Waals surface area contributed by atoms with Crippen molar-refractivity contribution in [3.63, 3.8) is 0 Å². The highest BCUT2D eigenvalue weighted by atomic mass is 19.4. The second kappa shape index (κ2) is 11.0. The molecule has 202 valence electrons. The zero-order chi connectivity index (χ0) is 30.0. The molecule has 0 saturated heterocycles. The third kappa shape index (κ3) is 7.83. The number of benzene rings is 2. The summed E-state index contributed by atoms with van der Waals surface area (Å²) in [6.45, 7) is 0. The van der Waals surface area contributed by atoms with E-state index in [0.29, 0.717) is 18.2 Å². The molecular weight excluding hydrogens is 552 g/mol. The Morgan fingerprint density at radius 3 is 2.10 bits per heavy atom. The van der Waals surface area contributed by atoms with Crippen molar-refractivity contribution in [1.29, 1.82) is 0 Å². The number of nitrogens with zero attached hydrogens (tertiary/aromatic N) is 1. The van der Waals surface area contributed by atoms with Crippen LogP contribution < -0.4 is 25.3 Å². The minimum absolute atomic E-state index is 0.244. The molecule has 0 saturated carbocycles. The number of rotatable bonds is 8. The summed E-state index contributed by atoms with van der Waals surface area (Å²) in [4.78, 5) is 28.0. The molecule has 1 heterocycles. The highest BCUT2D eigenvalue weighted by Crippen LogP contribution is 2.41. The standard InChI is InChI=1S/C22H11B3F7N3O5/c23-21(24,25)40-14-8-9(39-22(30,31)32)4-6-12(14)38-13-7-5-10(20(27,28)29)17(26)16(13)19(37)35-15-3-1-2-11(34-15)18(33)36/h1-8H,(H2,33,36)(H,34,35,37). The SMILES string of the molecule is [B]C([B])([B])Oc1cc(OC(F)(F)F)ccc1Oc1ccc(C(F)(F)F)c(F)c1C(=O)Nc1cccc(C(N)=O)n1. The Morgan fingerprint density at radius 2 is 1.52 bits per heavy atom. The normalized spacial score (nSPS) is 12.0. The molecule has 3 N–H and O–H groups in total. The van der Waals surface area contributed by atoms with Crippen molar-refractivity contribution in [1.82, 2.24) is 4.98 Å². The first-order valence-corrected chi connectivity index (χ1v) is 10.5. The first-order valence-electron chi connectivity index (χ1n) is 10.5. The zero-order valence-corrected chi connectivity index (χ0v) is 19.6. The molecule has 0 aliphatic rings. The molecular formula is C22H11B3F7N3O5. The van der Waals surface area contributed by atoms with Gasteiger partial charge in [0, 0.05) is 6.07 Å². The van der Waals surface area contributed by atoms with Crippen molar-refractivity contribution in [3.8, 4) is 23.0 Å². The highest BCUT2D eigenvalue weighted by molar-refractivity contribution is 6.58. The van der Waals surface area contributed by atoms with E-state index in [1.165, 1.54) is 6.07 Å². The molecule has 0 bridgehead atoms. The molecule has 3 rings (SSSR count). The van der Waals surface area contributed by atoms with E-state index < -0.39 is 75.4 Å². The first-order chi connectivity index (χ1) is 18.3. The van der Waals surface area contributed by atoms with Crippen LogP contribution in [0.15, 0.2) is 48.5 Å². The predicted molar refractivity (Wildman–Crippen MR) is 126 cm³/mol. The fourth-order valence-corrected chi connectivity index (χ4v) is 3.05. The van der Waals surface area contributed by atoms with E-state index in [9.17, 15) is 35.9 Å². The molecule has 2 aromatic carbocycles. The maximum Gasteiger partial charge on any atom is 0.573 e. The number of ether oxygens (including phenoxy) is 3. The summed E-state index contributed by atoms with van der Waals surface area (Å²) in [6, 6.07) is 6.31. The first kappa shape index (κ1) is 30.2. The molecule has 0 atom stereocenters. The fraction of sp³-hybridized carbons (Fsp3) is 0.136. The van der Waals surface area contributed by atoms with Crippen LogP contribution in [0.4, 0.5) is 36.6 Å². The Bertz CT molecular complexity index is 1450. The number of anilines is 1. The van der Waals surface area contributed by atoms with Crippen LogP contribution >= 0.6 is 0 Å². The maximum absolute atomic E-state index is 15.1. The summed E-state index contributed by atoms with van der Waals surface area (Å²) in [5, 5.41) is -0.511. The summed E-state index contributed by atoms with van der Waals surface area (Å²) in [5.74, 6) is -8.14. The largest absolute Gasteiger partial charge is 0.573 e. The Kier molecular flexibility index (Phi) is 8.31. The van der Waals surface area contributed by atoms with Crippen LogP contribution in [0.3, 0.4) is 0 Å². The van der Waals surface area contributed by atoms with Gasteiger partial charge in [-0.2, -0.15) is 13.2 Å². The molecule has 0 aliphatic carbocycles. The fourth-order valence-electron chi connectivity index (χ4n) is 3.05. The van der Waals surface area contributed by atoms with E-state index in [2.05, 4.69) is 9.72 Å². The number of nitrogens with two attached hydrogens (primary N) is 1. The minimum Gasteiger partial charge on any atom is -0.512 e. The van der Waals surface area contributed by atoms with Gasteiger partial charge in [0.25, 0.3) is 11.8 Å². The molecule has 18 heteroatoms. The lowest BCUT2D eigenvalue weighted by molar-refractivity contribution is -0.274. The van der Waals surface area contributed by atoms with Crippen molar-refractivity contribution in [3.05, 3.63) is 71.2 Å². The number of hydrogen-bond acceptors (Lipinski definition) is 6. The van der Waals surface area contributed by atoms with Gasteiger partial charge >= 0.3 is 12.5 Å². The van der Waals surface area contributed by atoms with Crippen molar-refractivity contribution in [2.45, 2.75) is 17.8 Å². The van der Waals surface area contributed by atoms with Gasteiger partial charge in [-0.15, -0.1) is 13.2 Å². The highest BCUT2D eigenvalue weighted by Gasteiger charge is 2.38. The van der Waals surface area contributed by atoms with E-state index in [0.717, 1.165) is 18.2 Å². The molecule has 0 fully saturated rings. The average molecular weight is 563 g/mol. The summed E-state index contributed by atoms with van der Waals surface area (Å²) < 4.78 is 107. The lowest BCUT2D eigenvalue weighted by atomic mass is 9.52. The van der Waals surface area contributed by atoms with Gasteiger partial charge in [-0.1, -0.05) is 6.07 Å². The van der Waals surface area contributed by atoms with Crippen LogP contribution in [-0.4, -0.2) is 52.0 Å². The Morgan fingerprint density at radius 1 is 0.875 bits per heavy atom. The summed E-state index contributed by atoms with van der Waals surface area (Å²) in [6.07, 6.45) is -10.4. The molecule has 0 aliphatic heterocycles. The molecule has 0 spiro atoms. The lowest BCUT2D eigenvalue weighted by Crippen LogP contribution is -2.37. The predicted octanol–water partition coefficient (Wildman–Crippen LogP) is 3.78. The third-order valence-electron chi connectivity index (χ3n) is 4.53. The van der Waals surface area contributed by atoms with Crippen molar-refractivity contribution in [2.24, 2.45) is 5.73 Å². The number of hydrogen-bond donors (Lipinski definition) is 2. The van der Waals surface area contributed by atoms with E-state index in [-0.39, 0.29) is 11.8 Å². The number of primary amides is 1. The third-order valence-corrected chi connectivity index (χ3v) is 4.53. The van der Waals surface area contributed by atoms with Gasteiger partial charge in [0.2, 0.25) is 0 Å². The van der Waals surface area contributed by atoms with Gasteiger partial charge in [-0.3, -0.25) is 9.59 Å². The minimum atomic E-state index is -5.26. The molecule has 2 amide bonds. The van der Waals surface area contributed by atoms with Crippen molar-refractivity contribution in [2.75, 3.05) is 5.32 Å². The number of amides is 2. The molecule has 3 aromatic rings. The summed E-state index contributed by atoms with van der Waals surface area (Å²) in [5.41, 5.74) is 1.58. The van der Waals surface area contributed by atoms with Crippen LogP contribution in [0.2, 0.25) is 0 Å². The van der Waals surface area contributed by atoms with Gasteiger partial charge in [0.05, 0.1) is 5.56 Å². The number of carbonyl (C=O) groups is 2. The number of aromatic nitrogens is 1. The molecule has 8 nitrogen and oxygen atoms in total. The van der Waals surface area contributed by atoms with E-state index >= 15 is 4.39 Å².